The first-order valence-corrected chi connectivity index (χ1v) is 9.29. The number of halogens is 1. The topological polar surface area (TPSA) is 48.5 Å². The van der Waals surface area contributed by atoms with Gasteiger partial charge < -0.3 is 10.2 Å². The molecule has 1 aliphatic heterocycles. The van der Waals surface area contributed by atoms with E-state index in [2.05, 4.69) is 20.1 Å². The number of piperazine rings is 1. The van der Waals surface area contributed by atoms with Crippen LogP contribution >= 0.6 is 22.9 Å². The van der Waals surface area contributed by atoms with E-state index < -0.39 is 0 Å². The number of hydrogen-bond donors (Lipinski definition) is 1. The molecule has 1 N–H and O–H groups in total. The van der Waals surface area contributed by atoms with Crippen molar-refractivity contribution < 1.29 is 4.79 Å². The number of nitrogens with zero attached hydrogens (tertiary/aromatic N) is 3. The van der Waals surface area contributed by atoms with Crippen LogP contribution in [0.25, 0.3) is 0 Å². The summed E-state index contributed by atoms with van der Waals surface area (Å²) in [5.74, 6) is 0.0465. The lowest BCUT2D eigenvalue weighted by Crippen LogP contribution is -2.49. The maximum absolute atomic E-state index is 12.3. The number of benzene rings is 1. The number of carbonyl (C=O) groups is 1. The van der Waals surface area contributed by atoms with Crippen molar-refractivity contribution in [3.05, 3.63) is 46.4 Å². The van der Waals surface area contributed by atoms with E-state index in [4.69, 9.17) is 11.6 Å². The molecule has 1 unspecified atom stereocenters. The molecule has 1 aliphatic rings. The molecule has 1 aromatic carbocycles. The van der Waals surface area contributed by atoms with E-state index in [1.807, 2.05) is 42.8 Å². The number of hydrogen-bond acceptors (Lipinski definition) is 5. The van der Waals surface area contributed by atoms with E-state index in [0.29, 0.717) is 11.6 Å². The summed E-state index contributed by atoms with van der Waals surface area (Å²) in [4.78, 5) is 21.1. The number of amides is 1. The van der Waals surface area contributed by atoms with Gasteiger partial charge in [-0.15, -0.1) is 11.3 Å². The van der Waals surface area contributed by atoms with E-state index in [1.165, 1.54) is 0 Å². The van der Waals surface area contributed by atoms with Crippen LogP contribution in [-0.4, -0.2) is 48.5 Å². The lowest BCUT2D eigenvalue weighted by molar-refractivity contribution is -0.123. The lowest BCUT2D eigenvalue weighted by atomic mass is 10.1. The molecule has 2 heterocycles. The van der Waals surface area contributed by atoms with Gasteiger partial charge in [-0.3, -0.25) is 9.69 Å². The summed E-state index contributed by atoms with van der Waals surface area (Å²) in [6.07, 6.45) is 1.83. The first-order valence-electron chi connectivity index (χ1n) is 8.03. The van der Waals surface area contributed by atoms with Gasteiger partial charge in [-0.25, -0.2) is 4.98 Å². The largest absolute Gasteiger partial charge is 0.348 e. The third-order valence-corrected chi connectivity index (χ3v) is 5.22. The molecule has 5 nitrogen and oxygen atoms in total. The molecule has 7 heteroatoms. The molecule has 1 atom stereocenters. The van der Waals surface area contributed by atoms with Crippen LogP contribution in [0.3, 0.4) is 0 Å². The van der Waals surface area contributed by atoms with Crippen molar-refractivity contribution in [2.24, 2.45) is 0 Å². The number of carbonyl (C=O) groups excluding carboxylic acids is 1. The van der Waals surface area contributed by atoms with Crippen molar-refractivity contribution in [2.75, 3.05) is 37.6 Å². The van der Waals surface area contributed by atoms with Gasteiger partial charge in [0.1, 0.15) is 0 Å². The van der Waals surface area contributed by atoms with Crippen LogP contribution < -0.4 is 10.2 Å². The lowest BCUT2D eigenvalue weighted by Gasteiger charge is -2.34. The third-order valence-electron chi connectivity index (χ3n) is 4.16. The van der Waals surface area contributed by atoms with E-state index in [1.54, 1.807) is 11.3 Å². The highest BCUT2D eigenvalue weighted by molar-refractivity contribution is 7.13. The van der Waals surface area contributed by atoms with Gasteiger partial charge in [0.2, 0.25) is 5.91 Å². The van der Waals surface area contributed by atoms with E-state index in [9.17, 15) is 4.79 Å². The average Bonchev–Trinajstić information content (AvgIpc) is 3.10. The Bertz CT molecular complexity index is 671. The SMILES string of the molecule is CC(NC(=O)CN1CCN(c2nccs2)CC1)c1cccc(Cl)c1. The summed E-state index contributed by atoms with van der Waals surface area (Å²) >= 11 is 7.67. The highest BCUT2D eigenvalue weighted by Gasteiger charge is 2.21. The first-order chi connectivity index (χ1) is 11.6. The Morgan fingerprint density at radius 3 is 2.83 bits per heavy atom. The summed E-state index contributed by atoms with van der Waals surface area (Å²) in [6, 6.07) is 7.55. The Morgan fingerprint density at radius 2 is 2.17 bits per heavy atom. The fourth-order valence-corrected chi connectivity index (χ4v) is 3.71. The summed E-state index contributed by atoms with van der Waals surface area (Å²) in [5, 5.41) is 6.79. The molecular weight excluding hydrogens is 344 g/mol. The maximum Gasteiger partial charge on any atom is 0.234 e. The van der Waals surface area contributed by atoms with Crippen LogP contribution in [0.2, 0.25) is 5.02 Å². The zero-order valence-corrected chi connectivity index (χ0v) is 15.2. The van der Waals surface area contributed by atoms with Crippen LogP contribution in [-0.2, 0) is 4.79 Å². The van der Waals surface area contributed by atoms with Gasteiger partial charge in [-0.1, -0.05) is 23.7 Å². The van der Waals surface area contributed by atoms with Crippen LogP contribution in [0.1, 0.15) is 18.5 Å². The molecule has 0 aliphatic carbocycles. The molecule has 128 valence electrons. The third kappa shape index (κ3) is 4.47. The second-order valence-corrected chi connectivity index (χ2v) is 7.23. The van der Waals surface area contributed by atoms with Gasteiger partial charge in [0.05, 0.1) is 12.6 Å². The minimum atomic E-state index is -0.0483. The fraction of sp³-hybridized carbons (Fsp3) is 0.412. The summed E-state index contributed by atoms with van der Waals surface area (Å²) in [6.45, 7) is 5.97. The van der Waals surface area contributed by atoms with Crippen LogP contribution in [0.5, 0.6) is 0 Å². The molecule has 1 fully saturated rings. The Balaban J connectivity index is 1.46. The van der Waals surface area contributed by atoms with Crippen LogP contribution in [0.4, 0.5) is 5.13 Å². The summed E-state index contributed by atoms with van der Waals surface area (Å²) in [7, 11) is 0. The maximum atomic E-state index is 12.3. The second-order valence-electron chi connectivity index (χ2n) is 5.92. The van der Waals surface area contributed by atoms with E-state index in [0.717, 1.165) is 36.9 Å². The van der Waals surface area contributed by atoms with Crippen molar-refractivity contribution >= 4 is 34.0 Å². The highest BCUT2D eigenvalue weighted by Crippen LogP contribution is 2.19. The van der Waals surface area contributed by atoms with Crippen molar-refractivity contribution in [2.45, 2.75) is 13.0 Å². The van der Waals surface area contributed by atoms with Crippen molar-refractivity contribution in [3.63, 3.8) is 0 Å². The van der Waals surface area contributed by atoms with Gasteiger partial charge in [-0.05, 0) is 24.6 Å². The summed E-state index contributed by atoms with van der Waals surface area (Å²) in [5.41, 5.74) is 1.02. The molecule has 1 aromatic heterocycles. The Hall–Kier alpha value is -1.63. The smallest absolute Gasteiger partial charge is 0.234 e. The standard InChI is InChI=1S/C17H21ClN4OS/c1-13(14-3-2-4-15(18)11-14)20-16(23)12-21-6-8-22(9-7-21)17-19-5-10-24-17/h2-5,10-11,13H,6-9,12H2,1H3,(H,20,23). The van der Waals surface area contributed by atoms with Gasteiger partial charge in [0.25, 0.3) is 0 Å². The normalized spacial score (nSPS) is 16.8. The van der Waals surface area contributed by atoms with Gasteiger partial charge in [-0.2, -0.15) is 0 Å². The number of nitrogens with one attached hydrogen (secondary N) is 1. The molecule has 1 amide bonds. The quantitative estimate of drug-likeness (QED) is 0.886. The average molecular weight is 365 g/mol. The van der Waals surface area contributed by atoms with E-state index >= 15 is 0 Å². The van der Waals surface area contributed by atoms with Crippen molar-refractivity contribution in [1.29, 1.82) is 0 Å². The first kappa shape index (κ1) is 17.2. The minimum absolute atomic E-state index is 0.0465. The Kier molecular flexibility index (Phi) is 5.71. The fourth-order valence-electron chi connectivity index (χ4n) is 2.82. The number of thiazole rings is 1. The van der Waals surface area contributed by atoms with Crippen molar-refractivity contribution in [1.82, 2.24) is 15.2 Å². The molecule has 0 spiro atoms. The van der Waals surface area contributed by atoms with Gasteiger partial charge >= 0.3 is 0 Å². The number of aromatic nitrogens is 1. The number of rotatable bonds is 5. The molecule has 0 radical (unpaired) electrons. The Labute approximate surface area is 151 Å². The predicted molar refractivity (Wildman–Crippen MR) is 98.8 cm³/mol. The van der Waals surface area contributed by atoms with Crippen LogP contribution in [0, 0.1) is 0 Å². The zero-order valence-electron chi connectivity index (χ0n) is 13.6. The van der Waals surface area contributed by atoms with Crippen molar-refractivity contribution in [3.8, 4) is 0 Å². The zero-order chi connectivity index (χ0) is 16.9. The molecule has 0 bridgehead atoms. The minimum Gasteiger partial charge on any atom is -0.348 e. The summed E-state index contributed by atoms with van der Waals surface area (Å²) < 4.78 is 0. The van der Waals surface area contributed by atoms with Gasteiger partial charge in [0, 0.05) is 42.8 Å². The molecule has 0 saturated carbocycles. The van der Waals surface area contributed by atoms with E-state index in [-0.39, 0.29) is 11.9 Å². The molecular formula is C17H21ClN4OS. The van der Waals surface area contributed by atoms with Gasteiger partial charge in [0.15, 0.2) is 5.13 Å². The molecule has 2 aromatic rings. The van der Waals surface area contributed by atoms with Crippen LogP contribution in [0.15, 0.2) is 35.8 Å². The second kappa shape index (κ2) is 7.96. The predicted octanol–water partition coefficient (Wildman–Crippen LogP) is 2.80. The Morgan fingerprint density at radius 1 is 1.38 bits per heavy atom. The molecule has 24 heavy (non-hydrogen) atoms. The molecule has 3 rings (SSSR count). The number of anilines is 1. The molecule has 1 saturated heterocycles. The highest BCUT2D eigenvalue weighted by atomic mass is 35.5. The monoisotopic (exact) mass is 364 g/mol.